The Balaban J connectivity index is 2.18. The number of hydrogen-bond acceptors (Lipinski definition) is 4. The van der Waals surface area contributed by atoms with Gasteiger partial charge in [0.1, 0.15) is 10.8 Å². The highest BCUT2D eigenvalue weighted by Gasteiger charge is 2.15. The van der Waals surface area contributed by atoms with Crippen molar-refractivity contribution in [2.45, 2.75) is 19.8 Å². The SMILES string of the molecule is CC(C)c1nnc(NC(=O)c2cc(Br)ccc2F)s1. The summed E-state index contributed by atoms with van der Waals surface area (Å²) in [6, 6.07) is 4.20. The number of hydrogen-bond donors (Lipinski definition) is 1. The molecule has 0 unspecified atom stereocenters. The van der Waals surface area contributed by atoms with Crippen molar-refractivity contribution < 1.29 is 9.18 Å². The van der Waals surface area contributed by atoms with Gasteiger partial charge in [-0.15, -0.1) is 10.2 Å². The van der Waals surface area contributed by atoms with E-state index >= 15 is 0 Å². The molecule has 2 rings (SSSR count). The average molecular weight is 344 g/mol. The van der Waals surface area contributed by atoms with E-state index in [1.54, 1.807) is 0 Å². The van der Waals surface area contributed by atoms with Crippen molar-refractivity contribution in [3.63, 3.8) is 0 Å². The van der Waals surface area contributed by atoms with E-state index in [0.29, 0.717) is 9.60 Å². The third-order valence-corrected chi connectivity index (χ3v) is 3.96. The van der Waals surface area contributed by atoms with Gasteiger partial charge in [0.05, 0.1) is 5.56 Å². The Kier molecular flexibility index (Phi) is 4.26. The number of carbonyl (C=O) groups is 1. The Morgan fingerprint density at radius 2 is 2.16 bits per heavy atom. The van der Waals surface area contributed by atoms with Crippen molar-refractivity contribution in [3.05, 3.63) is 39.1 Å². The Morgan fingerprint density at radius 1 is 1.42 bits per heavy atom. The molecular weight excluding hydrogens is 333 g/mol. The number of anilines is 1. The second-order valence-electron chi connectivity index (χ2n) is 4.18. The van der Waals surface area contributed by atoms with E-state index in [0.717, 1.165) is 5.01 Å². The van der Waals surface area contributed by atoms with Gasteiger partial charge in [-0.3, -0.25) is 10.1 Å². The summed E-state index contributed by atoms with van der Waals surface area (Å²) >= 11 is 4.49. The zero-order valence-electron chi connectivity index (χ0n) is 10.3. The van der Waals surface area contributed by atoms with Gasteiger partial charge in [-0.05, 0) is 18.2 Å². The molecule has 0 aliphatic carbocycles. The van der Waals surface area contributed by atoms with Crippen molar-refractivity contribution in [1.29, 1.82) is 0 Å². The van der Waals surface area contributed by atoms with Crippen LogP contribution in [0.1, 0.15) is 35.1 Å². The minimum Gasteiger partial charge on any atom is -0.296 e. The molecule has 4 nitrogen and oxygen atoms in total. The number of benzene rings is 1. The van der Waals surface area contributed by atoms with Crippen LogP contribution in [0.15, 0.2) is 22.7 Å². The normalized spacial score (nSPS) is 10.8. The lowest BCUT2D eigenvalue weighted by Gasteiger charge is -2.03. The predicted octanol–water partition coefficient (Wildman–Crippen LogP) is 3.82. The smallest absolute Gasteiger partial charge is 0.260 e. The minimum absolute atomic E-state index is 0.0318. The monoisotopic (exact) mass is 343 g/mol. The first-order chi connectivity index (χ1) is 8.97. The summed E-state index contributed by atoms with van der Waals surface area (Å²) < 4.78 is 14.2. The predicted molar refractivity (Wildman–Crippen MR) is 76.1 cm³/mol. The maximum atomic E-state index is 13.5. The van der Waals surface area contributed by atoms with Gasteiger partial charge in [0.2, 0.25) is 5.13 Å². The van der Waals surface area contributed by atoms with Crippen LogP contribution >= 0.6 is 27.3 Å². The molecule has 0 saturated heterocycles. The first kappa shape index (κ1) is 14.1. The topological polar surface area (TPSA) is 54.9 Å². The van der Waals surface area contributed by atoms with Gasteiger partial charge in [-0.1, -0.05) is 41.1 Å². The van der Waals surface area contributed by atoms with Crippen molar-refractivity contribution in [1.82, 2.24) is 10.2 Å². The number of nitrogens with zero attached hydrogens (tertiary/aromatic N) is 2. The Morgan fingerprint density at radius 3 is 2.79 bits per heavy atom. The fourth-order valence-electron chi connectivity index (χ4n) is 1.35. The summed E-state index contributed by atoms with van der Waals surface area (Å²) in [6.45, 7) is 3.97. The van der Waals surface area contributed by atoms with Crippen LogP contribution < -0.4 is 5.32 Å². The largest absolute Gasteiger partial charge is 0.296 e. The van der Waals surface area contributed by atoms with Crippen LogP contribution in [0.4, 0.5) is 9.52 Å². The minimum atomic E-state index is -0.575. The van der Waals surface area contributed by atoms with Crippen LogP contribution in [0, 0.1) is 5.82 Å². The molecule has 0 bridgehead atoms. The van der Waals surface area contributed by atoms with E-state index in [4.69, 9.17) is 0 Å². The molecule has 0 aliphatic rings. The number of halogens is 2. The Hall–Kier alpha value is -1.34. The highest BCUT2D eigenvalue weighted by atomic mass is 79.9. The number of aromatic nitrogens is 2. The van der Waals surface area contributed by atoms with E-state index in [1.807, 2.05) is 13.8 Å². The zero-order valence-corrected chi connectivity index (χ0v) is 12.7. The molecule has 1 aromatic carbocycles. The van der Waals surface area contributed by atoms with Gasteiger partial charge in [0.15, 0.2) is 0 Å². The highest BCUT2D eigenvalue weighted by molar-refractivity contribution is 9.10. The Labute approximate surface area is 122 Å². The molecule has 1 amide bonds. The number of amides is 1. The van der Waals surface area contributed by atoms with E-state index in [-0.39, 0.29) is 11.5 Å². The van der Waals surface area contributed by atoms with Crippen molar-refractivity contribution in [2.75, 3.05) is 5.32 Å². The molecule has 0 radical (unpaired) electrons. The lowest BCUT2D eigenvalue weighted by Crippen LogP contribution is -2.13. The summed E-state index contributed by atoms with van der Waals surface area (Å²) in [5.74, 6) is -0.870. The van der Waals surface area contributed by atoms with Gasteiger partial charge < -0.3 is 0 Å². The molecule has 0 atom stereocenters. The molecule has 0 fully saturated rings. The van der Waals surface area contributed by atoms with Crippen LogP contribution in [0.3, 0.4) is 0 Å². The third-order valence-electron chi connectivity index (χ3n) is 2.33. The van der Waals surface area contributed by atoms with Crippen LogP contribution in [0.2, 0.25) is 0 Å². The summed E-state index contributed by atoms with van der Waals surface area (Å²) in [4.78, 5) is 11.9. The van der Waals surface area contributed by atoms with Crippen LogP contribution in [0.5, 0.6) is 0 Å². The fourth-order valence-corrected chi connectivity index (χ4v) is 2.46. The molecule has 1 N–H and O–H groups in total. The molecule has 0 spiro atoms. The molecule has 0 aliphatic heterocycles. The standard InChI is InChI=1S/C12H11BrFN3OS/c1-6(2)11-16-17-12(19-11)15-10(18)8-5-7(13)3-4-9(8)14/h3-6H,1-2H3,(H,15,17,18). The van der Waals surface area contributed by atoms with Gasteiger partial charge >= 0.3 is 0 Å². The summed E-state index contributed by atoms with van der Waals surface area (Å²) in [6.07, 6.45) is 0. The second kappa shape index (κ2) is 5.75. The van der Waals surface area contributed by atoms with E-state index in [1.165, 1.54) is 29.5 Å². The Bertz CT molecular complexity index is 615. The summed E-state index contributed by atoms with van der Waals surface area (Å²) in [7, 11) is 0. The number of nitrogens with one attached hydrogen (secondary N) is 1. The first-order valence-electron chi connectivity index (χ1n) is 5.57. The average Bonchev–Trinajstić information content (AvgIpc) is 2.80. The fraction of sp³-hybridized carbons (Fsp3) is 0.250. The van der Waals surface area contributed by atoms with Crippen molar-refractivity contribution in [2.24, 2.45) is 0 Å². The zero-order chi connectivity index (χ0) is 14.0. The summed E-state index contributed by atoms with van der Waals surface area (Å²) in [5, 5.41) is 11.5. The lowest BCUT2D eigenvalue weighted by atomic mass is 10.2. The maximum Gasteiger partial charge on any atom is 0.260 e. The van der Waals surface area contributed by atoms with Crippen molar-refractivity contribution in [3.8, 4) is 0 Å². The summed E-state index contributed by atoms with van der Waals surface area (Å²) in [5.41, 5.74) is -0.0318. The third kappa shape index (κ3) is 3.36. The lowest BCUT2D eigenvalue weighted by molar-refractivity contribution is 0.102. The number of rotatable bonds is 3. The van der Waals surface area contributed by atoms with Gasteiger partial charge in [0.25, 0.3) is 5.91 Å². The van der Waals surface area contributed by atoms with Crippen LogP contribution in [0.25, 0.3) is 0 Å². The second-order valence-corrected chi connectivity index (χ2v) is 6.10. The van der Waals surface area contributed by atoms with Crippen molar-refractivity contribution >= 4 is 38.3 Å². The highest BCUT2D eigenvalue weighted by Crippen LogP contribution is 2.23. The van der Waals surface area contributed by atoms with Gasteiger partial charge in [0, 0.05) is 10.4 Å². The van der Waals surface area contributed by atoms with E-state index in [9.17, 15) is 9.18 Å². The molecule has 7 heteroatoms. The molecule has 1 aromatic heterocycles. The van der Waals surface area contributed by atoms with E-state index < -0.39 is 11.7 Å². The van der Waals surface area contributed by atoms with Gasteiger partial charge in [-0.25, -0.2) is 4.39 Å². The molecule has 2 aromatic rings. The molecule has 0 saturated carbocycles. The number of carbonyl (C=O) groups excluding carboxylic acids is 1. The van der Waals surface area contributed by atoms with Gasteiger partial charge in [-0.2, -0.15) is 0 Å². The molecule has 19 heavy (non-hydrogen) atoms. The maximum absolute atomic E-state index is 13.5. The first-order valence-corrected chi connectivity index (χ1v) is 7.18. The molecular formula is C12H11BrFN3OS. The quantitative estimate of drug-likeness (QED) is 0.921. The van der Waals surface area contributed by atoms with E-state index in [2.05, 4.69) is 31.4 Å². The molecule has 100 valence electrons. The van der Waals surface area contributed by atoms with Crippen LogP contribution in [-0.2, 0) is 0 Å². The molecule has 1 heterocycles. The van der Waals surface area contributed by atoms with Crippen LogP contribution in [-0.4, -0.2) is 16.1 Å².